The summed E-state index contributed by atoms with van der Waals surface area (Å²) >= 11 is 3.87. The third kappa shape index (κ3) is 2.27. The van der Waals surface area contributed by atoms with Crippen molar-refractivity contribution in [3.63, 3.8) is 0 Å². The maximum atomic E-state index is 5.34. The Balaban J connectivity index is 4.27. The molecule has 0 bridgehead atoms. The molecule has 0 atom stereocenters. The minimum absolute atomic E-state index is 0.188. The van der Waals surface area contributed by atoms with Gasteiger partial charge in [0.05, 0.1) is 0 Å². The predicted octanol–water partition coefficient (Wildman–Crippen LogP) is -0.492. The van der Waals surface area contributed by atoms with Crippen molar-refractivity contribution in [1.82, 2.24) is 4.31 Å². The lowest BCUT2D eigenvalue weighted by molar-refractivity contribution is 0.682. The number of hydrogen-bond acceptors (Lipinski definition) is 5. The molecule has 52 valence electrons. The van der Waals surface area contributed by atoms with Crippen molar-refractivity contribution in [2.45, 2.75) is 0 Å². The van der Waals surface area contributed by atoms with Gasteiger partial charge in [-0.05, 0) is 6.72 Å². The maximum absolute atomic E-state index is 5.34. The fourth-order valence-corrected chi connectivity index (χ4v) is 0.349. The highest BCUT2D eigenvalue weighted by atomic mass is 32.1. The summed E-state index contributed by atoms with van der Waals surface area (Å²) in [7, 11) is 1.65. The van der Waals surface area contributed by atoms with Crippen LogP contribution in [0.3, 0.4) is 0 Å². The molecule has 4 nitrogen and oxygen atoms in total. The quantitative estimate of drug-likeness (QED) is 0.363. The topological polar surface area (TPSA) is 67.6 Å². The summed E-state index contributed by atoms with van der Waals surface area (Å²) in [6, 6.07) is 0. The second-order valence-electron chi connectivity index (χ2n) is 1.45. The van der Waals surface area contributed by atoms with Gasteiger partial charge in [0, 0.05) is 7.05 Å². The molecule has 0 spiro atoms. The molecule has 0 radical (unpaired) electrons. The molecule has 0 aliphatic heterocycles. The van der Waals surface area contributed by atoms with Crippen molar-refractivity contribution in [2.75, 3.05) is 7.05 Å². The Kier molecular flexibility index (Phi) is 2.94. The Morgan fingerprint density at radius 3 is 2.22 bits per heavy atom. The summed E-state index contributed by atoms with van der Waals surface area (Å²) in [4.78, 5) is 3.40. The molecule has 0 saturated heterocycles. The van der Waals surface area contributed by atoms with Crippen LogP contribution in [0.2, 0.25) is 0 Å². The van der Waals surface area contributed by atoms with E-state index >= 15 is 0 Å². The Hall–Kier alpha value is -0.840. The second-order valence-corrected chi connectivity index (χ2v) is 2.05. The van der Waals surface area contributed by atoms with Crippen LogP contribution in [0.25, 0.3) is 0 Å². The molecule has 0 saturated carbocycles. The summed E-state index contributed by atoms with van der Waals surface area (Å²) in [6.07, 6.45) is 0. The smallest absolute Gasteiger partial charge is 0.164 e. The van der Waals surface area contributed by atoms with Gasteiger partial charge in [-0.1, -0.05) is 12.8 Å². The standard InChI is InChI=1S/C4H10N4S/c1-7-3(5)4(6)8(2)9/h9H,1,5-6H2,2H3/b4-3-. The zero-order valence-corrected chi connectivity index (χ0v) is 6.10. The highest BCUT2D eigenvalue weighted by Crippen LogP contribution is 1.99. The minimum Gasteiger partial charge on any atom is -0.382 e. The van der Waals surface area contributed by atoms with Gasteiger partial charge in [0.15, 0.2) is 11.6 Å². The number of rotatable bonds is 2. The third-order valence-corrected chi connectivity index (χ3v) is 0.997. The van der Waals surface area contributed by atoms with E-state index in [1.54, 1.807) is 7.05 Å². The van der Waals surface area contributed by atoms with Crippen LogP contribution in [0.5, 0.6) is 0 Å². The van der Waals surface area contributed by atoms with E-state index in [-0.39, 0.29) is 5.82 Å². The normalized spacial score (nSPS) is 12.2. The molecule has 0 rings (SSSR count). The maximum Gasteiger partial charge on any atom is 0.164 e. The van der Waals surface area contributed by atoms with Crippen LogP contribution in [-0.4, -0.2) is 18.1 Å². The van der Waals surface area contributed by atoms with Gasteiger partial charge in [-0.2, -0.15) is 0 Å². The van der Waals surface area contributed by atoms with Crippen LogP contribution < -0.4 is 11.5 Å². The molecule has 0 aliphatic carbocycles. The van der Waals surface area contributed by atoms with Gasteiger partial charge >= 0.3 is 0 Å². The summed E-state index contributed by atoms with van der Waals surface area (Å²) in [5, 5.41) is 0. The zero-order valence-electron chi connectivity index (χ0n) is 5.20. The van der Waals surface area contributed by atoms with Gasteiger partial charge < -0.3 is 15.8 Å². The summed E-state index contributed by atoms with van der Waals surface area (Å²) < 4.78 is 1.37. The lowest BCUT2D eigenvalue weighted by Gasteiger charge is -2.10. The van der Waals surface area contributed by atoms with E-state index < -0.39 is 0 Å². The lowest BCUT2D eigenvalue weighted by atomic mass is 10.6. The van der Waals surface area contributed by atoms with E-state index in [0.717, 1.165) is 0 Å². The first-order chi connectivity index (χ1) is 4.09. The molecule has 0 aliphatic rings. The average Bonchev–Trinajstić information content (AvgIpc) is 1.84. The van der Waals surface area contributed by atoms with Gasteiger partial charge in [0.2, 0.25) is 0 Å². The number of nitrogens with two attached hydrogens (primary N) is 2. The van der Waals surface area contributed by atoms with Crippen LogP contribution >= 0.6 is 12.8 Å². The Bertz CT molecular complexity index is 140. The molecule has 0 unspecified atom stereocenters. The molecule has 0 fully saturated rings. The van der Waals surface area contributed by atoms with Crippen molar-refractivity contribution < 1.29 is 0 Å². The molecule has 0 aromatic rings. The van der Waals surface area contributed by atoms with Crippen LogP contribution in [0.4, 0.5) is 0 Å². The van der Waals surface area contributed by atoms with Gasteiger partial charge in [-0.25, -0.2) is 4.99 Å². The molecule has 0 aromatic heterocycles. The predicted molar refractivity (Wildman–Crippen MR) is 41.7 cm³/mol. The monoisotopic (exact) mass is 146 g/mol. The van der Waals surface area contributed by atoms with E-state index in [9.17, 15) is 0 Å². The molecule has 5 heteroatoms. The molecular weight excluding hydrogens is 136 g/mol. The molecule has 0 aromatic carbocycles. The number of thiol groups is 1. The van der Waals surface area contributed by atoms with Crippen LogP contribution in [0, 0.1) is 0 Å². The Labute approximate surface area is 59.8 Å². The van der Waals surface area contributed by atoms with Gasteiger partial charge in [0.25, 0.3) is 0 Å². The third-order valence-electron chi connectivity index (χ3n) is 0.781. The highest BCUT2D eigenvalue weighted by Gasteiger charge is 1.96. The highest BCUT2D eigenvalue weighted by molar-refractivity contribution is 7.77. The molecule has 4 N–H and O–H groups in total. The van der Waals surface area contributed by atoms with Crippen LogP contribution in [0.1, 0.15) is 0 Å². The van der Waals surface area contributed by atoms with E-state index in [4.69, 9.17) is 11.5 Å². The summed E-state index contributed by atoms with van der Waals surface area (Å²) in [5.41, 5.74) is 10.6. The van der Waals surface area contributed by atoms with Crippen molar-refractivity contribution in [1.29, 1.82) is 0 Å². The van der Waals surface area contributed by atoms with Crippen LogP contribution in [0.15, 0.2) is 16.6 Å². The van der Waals surface area contributed by atoms with Crippen LogP contribution in [-0.2, 0) is 0 Å². The SMILES string of the molecule is C=N/C(N)=C(/N)N(C)S. The van der Waals surface area contributed by atoms with E-state index in [1.807, 2.05) is 0 Å². The summed E-state index contributed by atoms with van der Waals surface area (Å²) in [5.74, 6) is 0.487. The van der Waals surface area contributed by atoms with Gasteiger partial charge in [0.1, 0.15) is 0 Å². The molecular formula is C4H10N4S. The number of hydrogen-bond donors (Lipinski definition) is 3. The molecule has 0 amide bonds. The van der Waals surface area contributed by atoms with E-state index in [1.165, 1.54) is 4.31 Å². The largest absolute Gasteiger partial charge is 0.382 e. The first-order valence-corrected chi connectivity index (χ1v) is 2.64. The number of nitrogens with zero attached hydrogens (tertiary/aromatic N) is 2. The first kappa shape index (κ1) is 8.16. The van der Waals surface area contributed by atoms with Crippen molar-refractivity contribution in [3.05, 3.63) is 11.6 Å². The Morgan fingerprint density at radius 2 is 2.11 bits per heavy atom. The summed E-state index contributed by atoms with van der Waals surface area (Å²) in [6.45, 7) is 3.19. The second kappa shape index (κ2) is 3.24. The first-order valence-electron chi connectivity index (χ1n) is 2.24. The molecule has 0 heterocycles. The van der Waals surface area contributed by atoms with Crippen molar-refractivity contribution >= 4 is 19.5 Å². The lowest BCUT2D eigenvalue weighted by Crippen LogP contribution is -2.19. The Morgan fingerprint density at radius 1 is 1.67 bits per heavy atom. The average molecular weight is 146 g/mol. The zero-order chi connectivity index (χ0) is 7.44. The fourth-order valence-electron chi connectivity index (χ4n) is 0.247. The van der Waals surface area contributed by atoms with Crippen molar-refractivity contribution in [2.24, 2.45) is 16.5 Å². The van der Waals surface area contributed by atoms with Gasteiger partial charge in [-0.15, -0.1) is 0 Å². The van der Waals surface area contributed by atoms with E-state index in [2.05, 4.69) is 24.5 Å². The van der Waals surface area contributed by atoms with Gasteiger partial charge in [-0.3, -0.25) is 0 Å². The minimum atomic E-state index is 0.188. The molecule has 9 heavy (non-hydrogen) atoms. The van der Waals surface area contributed by atoms with Crippen molar-refractivity contribution in [3.8, 4) is 0 Å². The van der Waals surface area contributed by atoms with E-state index in [0.29, 0.717) is 5.82 Å². The number of aliphatic imine (C=N–C) groups is 1. The fraction of sp³-hybridized carbons (Fsp3) is 0.250.